The molecular weight excluding hydrogens is 244 g/mol. The number of imide groups is 1. The lowest BCUT2D eigenvalue weighted by molar-refractivity contribution is -0.150. The van der Waals surface area contributed by atoms with E-state index in [1.165, 1.54) is 4.90 Å². The number of nitrogens with two attached hydrogens (primary N) is 1. The number of likely N-dealkylation sites (tertiary alicyclic amines) is 1. The molecule has 102 valence electrons. The highest BCUT2D eigenvalue weighted by atomic mass is 16.5. The number of rotatable bonds is 3. The molecule has 1 aromatic carbocycles. The Hall–Kier alpha value is -2.04. The van der Waals surface area contributed by atoms with Crippen LogP contribution in [0.25, 0.3) is 0 Å². The summed E-state index contributed by atoms with van der Waals surface area (Å²) in [5, 5.41) is 0. The fourth-order valence-electron chi connectivity index (χ4n) is 2.30. The molecule has 0 atom stereocenters. The third-order valence-electron chi connectivity index (χ3n) is 3.28. The molecule has 5 heteroatoms. The standard InChI is InChI=1S/C14H18N2O3/c1-9-5-13(17)16(14(18)6-9)8-10-7-11(15)3-4-12(10)19-2/h3-4,7,9H,5-6,8,15H2,1-2H3. The first-order valence-corrected chi connectivity index (χ1v) is 6.27. The molecule has 0 unspecified atom stereocenters. The van der Waals surface area contributed by atoms with Gasteiger partial charge in [0.05, 0.1) is 13.7 Å². The van der Waals surface area contributed by atoms with E-state index in [9.17, 15) is 9.59 Å². The van der Waals surface area contributed by atoms with E-state index in [1.54, 1.807) is 25.3 Å². The van der Waals surface area contributed by atoms with Crippen LogP contribution in [0.3, 0.4) is 0 Å². The maximum atomic E-state index is 11.9. The lowest BCUT2D eigenvalue weighted by atomic mass is 9.97. The fraction of sp³-hybridized carbons (Fsp3) is 0.429. The molecule has 1 saturated heterocycles. The van der Waals surface area contributed by atoms with Crippen LogP contribution in [0.1, 0.15) is 25.3 Å². The number of hydrogen-bond donors (Lipinski definition) is 1. The van der Waals surface area contributed by atoms with Crippen LogP contribution >= 0.6 is 0 Å². The minimum atomic E-state index is -0.131. The normalized spacial score (nSPS) is 16.8. The lowest BCUT2D eigenvalue weighted by Gasteiger charge is -2.28. The highest BCUT2D eigenvalue weighted by Crippen LogP contribution is 2.26. The summed E-state index contributed by atoms with van der Waals surface area (Å²) in [6.07, 6.45) is 0.826. The quantitative estimate of drug-likeness (QED) is 0.662. The van der Waals surface area contributed by atoms with Crippen molar-refractivity contribution in [3.8, 4) is 5.75 Å². The Bertz CT molecular complexity index is 495. The van der Waals surface area contributed by atoms with Gasteiger partial charge in [0.2, 0.25) is 11.8 Å². The van der Waals surface area contributed by atoms with E-state index in [2.05, 4.69) is 0 Å². The minimum absolute atomic E-state index is 0.124. The van der Waals surface area contributed by atoms with Crippen molar-refractivity contribution in [2.24, 2.45) is 5.92 Å². The van der Waals surface area contributed by atoms with E-state index in [4.69, 9.17) is 10.5 Å². The Morgan fingerprint density at radius 3 is 2.53 bits per heavy atom. The summed E-state index contributed by atoms with van der Waals surface area (Å²) in [6.45, 7) is 2.13. The average molecular weight is 262 g/mol. The molecule has 0 saturated carbocycles. The van der Waals surface area contributed by atoms with Crippen molar-refractivity contribution in [2.45, 2.75) is 26.3 Å². The Morgan fingerprint density at radius 2 is 1.95 bits per heavy atom. The largest absolute Gasteiger partial charge is 0.496 e. The third-order valence-corrected chi connectivity index (χ3v) is 3.28. The SMILES string of the molecule is COc1ccc(N)cc1CN1C(=O)CC(C)CC1=O. The van der Waals surface area contributed by atoms with E-state index in [0.717, 1.165) is 5.56 Å². The molecule has 0 radical (unpaired) electrons. The van der Waals surface area contributed by atoms with Crippen LogP contribution in [0, 0.1) is 5.92 Å². The summed E-state index contributed by atoms with van der Waals surface area (Å²) in [4.78, 5) is 25.2. The molecule has 2 N–H and O–H groups in total. The van der Waals surface area contributed by atoms with Crippen LogP contribution in [0.15, 0.2) is 18.2 Å². The molecule has 1 aliphatic heterocycles. The maximum absolute atomic E-state index is 11.9. The zero-order chi connectivity index (χ0) is 14.0. The monoisotopic (exact) mass is 262 g/mol. The molecule has 2 amide bonds. The summed E-state index contributed by atoms with van der Waals surface area (Å²) in [5.41, 5.74) is 7.07. The number of benzene rings is 1. The smallest absolute Gasteiger partial charge is 0.229 e. The van der Waals surface area contributed by atoms with Crippen LogP contribution in [0.5, 0.6) is 5.75 Å². The molecule has 1 aromatic rings. The number of anilines is 1. The van der Waals surface area contributed by atoms with Crippen molar-refractivity contribution in [3.05, 3.63) is 23.8 Å². The zero-order valence-corrected chi connectivity index (χ0v) is 11.2. The fourth-order valence-corrected chi connectivity index (χ4v) is 2.30. The molecular formula is C14H18N2O3. The van der Waals surface area contributed by atoms with Crippen molar-refractivity contribution >= 4 is 17.5 Å². The Balaban J connectivity index is 2.23. The van der Waals surface area contributed by atoms with E-state index >= 15 is 0 Å². The second kappa shape index (κ2) is 5.30. The number of carbonyl (C=O) groups excluding carboxylic acids is 2. The first-order valence-electron chi connectivity index (χ1n) is 6.27. The van der Waals surface area contributed by atoms with Gasteiger partial charge in [-0.05, 0) is 24.1 Å². The topological polar surface area (TPSA) is 72.6 Å². The second-order valence-electron chi connectivity index (χ2n) is 4.96. The van der Waals surface area contributed by atoms with Crippen LogP contribution in [-0.2, 0) is 16.1 Å². The highest BCUT2D eigenvalue weighted by Gasteiger charge is 2.30. The van der Waals surface area contributed by atoms with Crippen molar-refractivity contribution in [1.29, 1.82) is 0 Å². The summed E-state index contributed by atoms with van der Waals surface area (Å²) >= 11 is 0. The molecule has 5 nitrogen and oxygen atoms in total. The second-order valence-corrected chi connectivity index (χ2v) is 4.96. The third kappa shape index (κ3) is 2.86. The van der Waals surface area contributed by atoms with Crippen molar-refractivity contribution in [3.63, 3.8) is 0 Å². The van der Waals surface area contributed by atoms with Crippen molar-refractivity contribution in [1.82, 2.24) is 4.90 Å². The predicted octanol–water partition coefficient (Wildman–Crippen LogP) is 1.56. The summed E-state index contributed by atoms with van der Waals surface area (Å²) in [6, 6.07) is 5.20. The molecule has 1 fully saturated rings. The first kappa shape index (κ1) is 13.4. The zero-order valence-electron chi connectivity index (χ0n) is 11.2. The number of nitrogens with zero attached hydrogens (tertiary/aromatic N) is 1. The molecule has 0 spiro atoms. The average Bonchev–Trinajstić information content (AvgIpc) is 2.34. The van der Waals surface area contributed by atoms with E-state index in [-0.39, 0.29) is 24.3 Å². The number of nitrogen functional groups attached to an aromatic ring is 1. The van der Waals surface area contributed by atoms with Crippen LogP contribution in [0.2, 0.25) is 0 Å². The summed E-state index contributed by atoms with van der Waals surface area (Å²) in [7, 11) is 1.55. The summed E-state index contributed by atoms with van der Waals surface area (Å²) < 4.78 is 5.23. The van der Waals surface area contributed by atoms with Gasteiger partial charge in [0, 0.05) is 24.1 Å². The van der Waals surface area contributed by atoms with E-state index in [1.807, 2.05) is 6.92 Å². The number of methoxy groups -OCH3 is 1. The molecule has 19 heavy (non-hydrogen) atoms. The molecule has 0 bridgehead atoms. The summed E-state index contributed by atoms with van der Waals surface area (Å²) in [5.74, 6) is 0.494. The van der Waals surface area contributed by atoms with Crippen LogP contribution < -0.4 is 10.5 Å². The Kier molecular flexibility index (Phi) is 3.74. The van der Waals surface area contributed by atoms with Gasteiger partial charge in [-0.1, -0.05) is 6.92 Å². The predicted molar refractivity (Wildman–Crippen MR) is 71.4 cm³/mol. The van der Waals surface area contributed by atoms with Gasteiger partial charge in [0.1, 0.15) is 5.75 Å². The van der Waals surface area contributed by atoms with Crippen LogP contribution in [-0.4, -0.2) is 23.8 Å². The molecule has 1 heterocycles. The van der Waals surface area contributed by atoms with E-state index < -0.39 is 0 Å². The van der Waals surface area contributed by atoms with Gasteiger partial charge >= 0.3 is 0 Å². The number of piperidine rings is 1. The van der Waals surface area contributed by atoms with Gasteiger partial charge in [-0.3, -0.25) is 14.5 Å². The number of ether oxygens (including phenoxy) is 1. The van der Waals surface area contributed by atoms with E-state index in [0.29, 0.717) is 24.3 Å². The minimum Gasteiger partial charge on any atom is -0.496 e. The van der Waals surface area contributed by atoms with Gasteiger partial charge < -0.3 is 10.5 Å². The Morgan fingerprint density at radius 1 is 1.32 bits per heavy atom. The van der Waals surface area contributed by atoms with Gasteiger partial charge in [-0.15, -0.1) is 0 Å². The number of amides is 2. The molecule has 0 aromatic heterocycles. The number of hydrogen-bond acceptors (Lipinski definition) is 4. The molecule has 2 rings (SSSR count). The Labute approximate surface area is 112 Å². The van der Waals surface area contributed by atoms with Gasteiger partial charge in [0.25, 0.3) is 0 Å². The lowest BCUT2D eigenvalue weighted by Crippen LogP contribution is -2.42. The van der Waals surface area contributed by atoms with Crippen molar-refractivity contribution in [2.75, 3.05) is 12.8 Å². The first-order chi connectivity index (χ1) is 9.01. The van der Waals surface area contributed by atoms with Crippen molar-refractivity contribution < 1.29 is 14.3 Å². The molecule has 0 aliphatic carbocycles. The van der Waals surface area contributed by atoms with Gasteiger partial charge in [-0.25, -0.2) is 0 Å². The van der Waals surface area contributed by atoms with Gasteiger partial charge in [-0.2, -0.15) is 0 Å². The highest BCUT2D eigenvalue weighted by molar-refractivity contribution is 5.97. The number of carbonyl (C=O) groups is 2. The van der Waals surface area contributed by atoms with Gasteiger partial charge in [0.15, 0.2) is 0 Å². The molecule has 1 aliphatic rings. The van der Waals surface area contributed by atoms with Crippen LogP contribution in [0.4, 0.5) is 5.69 Å². The maximum Gasteiger partial charge on any atom is 0.229 e.